The number of rotatable bonds is 7. The summed E-state index contributed by atoms with van der Waals surface area (Å²) in [5.41, 5.74) is 1.01. The number of aromatic nitrogens is 2. The lowest BCUT2D eigenvalue weighted by Gasteiger charge is -2.14. The molecule has 1 unspecified atom stereocenters. The minimum absolute atomic E-state index is 0.0929. The van der Waals surface area contributed by atoms with E-state index in [-0.39, 0.29) is 10.9 Å². The van der Waals surface area contributed by atoms with E-state index >= 15 is 0 Å². The lowest BCUT2D eigenvalue weighted by atomic mass is 10.1. The average Bonchev–Trinajstić information content (AvgIpc) is 2.93. The molecule has 2 N–H and O–H groups in total. The summed E-state index contributed by atoms with van der Waals surface area (Å²) in [5.74, 6) is 1.23. The largest absolute Gasteiger partial charge is 0.339 e. The lowest BCUT2D eigenvalue weighted by Crippen LogP contribution is -2.22. The van der Waals surface area contributed by atoms with Gasteiger partial charge in [-0.25, -0.2) is 13.1 Å². The maximum atomic E-state index is 11.7. The van der Waals surface area contributed by atoms with Gasteiger partial charge in [0.25, 0.3) is 0 Å². The highest BCUT2D eigenvalue weighted by atomic mass is 32.2. The van der Waals surface area contributed by atoms with Crippen molar-refractivity contribution in [1.29, 1.82) is 0 Å². The van der Waals surface area contributed by atoms with Gasteiger partial charge < -0.3 is 9.84 Å². The Labute approximate surface area is 130 Å². The van der Waals surface area contributed by atoms with Crippen molar-refractivity contribution in [3.63, 3.8) is 0 Å². The van der Waals surface area contributed by atoms with Crippen LogP contribution in [0.5, 0.6) is 0 Å². The summed E-state index contributed by atoms with van der Waals surface area (Å²) in [6, 6.07) is 6.90. The van der Waals surface area contributed by atoms with E-state index in [0.29, 0.717) is 24.7 Å². The third kappa shape index (κ3) is 4.12. The van der Waals surface area contributed by atoms with Gasteiger partial charge in [0.1, 0.15) is 0 Å². The summed E-state index contributed by atoms with van der Waals surface area (Å²) in [4.78, 5) is 4.39. The van der Waals surface area contributed by atoms with Crippen LogP contribution in [0.3, 0.4) is 0 Å². The number of nitrogens with zero attached hydrogens (tertiary/aromatic N) is 2. The van der Waals surface area contributed by atoms with E-state index in [1.165, 1.54) is 7.05 Å². The number of benzene rings is 1. The zero-order valence-electron chi connectivity index (χ0n) is 12.8. The van der Waals surface area contributed by atoms with Crippen LogP contribution in [0.2, 0.25) is 0 Å². The van der Waals surface area contributed by atoms with Gasteiger partial charge >= 0.3 is 0 Å². The molecule has 0 saturated heterocycles. The first-order valence-corrected chi connectivity index (χ1v) is 8.47. The van der Waals surface area contributed by atoms with Gasteiger partial charge in [-0.05, 0) is 38.6 Å². The fourth-order valence-corrected chi connectivity index (χ4v) is 2.74. The van der Waals surface area contributed by atoms with Crippen LogP contribution in [0.4, 0.5) is 0 Å². The van der Waals surface area contributed by atoms with E-state index in [1.54, 1.807) is 31.2 Å². The summed E-state index contributed by atoms with van der Waals surface area (Å²) < 4.78 is 30.7. The Morgan fingerprint density at radius 1 is 1.27 bits per heavy atom. The first kappa shape index (κ1) is 16.6. The highest BCUT2D eigenvalue weighted by Gasteiger charge is 2.12. The summed E-state index contributed by atoms with van der Waals surface area (Å²) in [5, 5.41) is 7.07. The molecule has 2 rings (SSSR count). The molecule has 7 nitrogen and oxygen atoms in total. The summed E-state index contributed by atoms with van der Waals surface area (Å²) in [7, 11) is -1.99. The van der Waals surface area contributed by atoms with Gasteiger partial charge in [0.05, 0.1) is 4.90 Å². The summed E-state index contributed by atoms with van der Waals surface area (Å²) in [6.45, 7) is 4.49. The standard InChI is InChI=1S/C14H20N4O3S/c1-10(16-9-8-14-17-11(2)18-21-14)12-4-6-13(7-5-12)22(19,20)15-3/h4-7,10,15-16H,8-9H2,1-3H3. The first-order valence-electron chi connectivity index (χ1n) is 6.98. The van der Waals surface area contributed by atoms with E-state index < -0.39 is 10.0 Å². The molecule has 1 heterocycles. The maximum absolute atomic E-state index is 11.7. The highest BCUT2D eigenvalue weighted by Crippen LogP contribution is 2.16. The van der Waals surface area contributed by atoms with Gasteiger partial charge in [0, 0.05) is 19.0 Å². The van der Waals surface area contributed by atoms with Crippen LogP contribution in [0.25, 0.3) is 0 Å². The van der Waals surface area contributed by atoms with E-state index in [9.17, 15) is 8.42 Å². The molecule has 8 heteroatoms. The Balaban J connectivity index is 1.91. The minimum atomic E-state index is -3.39. The van der Waals surface area contributed by atoms with Gasteiger partial charge in [0.2, 0.25) is 15.9 Å². The quantitative estimate of drug-likeness (QED) is 0.794. The molecule has 1 aromatic heterocycles. The Bertz CT molecular complexity index is 710. The molecule has 0 aliphatic carbocycles. The molecule has 1 atom stereocenters. The SMILES string of the molecule is CNS(=O)(=O)c1ccc(C(C)NCCc2nc(C)no2)cc1. The van der Waals surface area contributed by atoms with Crippen LogP contribution < -0.4 is 10.0 Å². The van der Waals surface area contributed by atoms with E-state index in [1.807, 2.05) is 6.92 Å². The number of hydrogen-bond donors (Lipinski definition) is 2. The van der Waals surface area contributed by atoms with E-state index in [2.05, 4.69) is 20.2 Å². The third-order valence-corrected chi connectivity index (χ3v) is 4.75. The normalized spacial score (nSPS) is 13.2. The molecular weight excluding hydrogens is 304 g/mol. The van der Waals surface area contributed by atoms with Gasteiger partial charge in [-0.15, -0.1) is 0 Å². The summed E-state index contributed by atoms with van der Waals surface area (Å²) >= 11 is 0. The van der Waals surface area contributed by atoms with E-state index in [0.717, 1.165) is 5.56 Å². The van der Waals surface area contributed by atoms with Crippen LogP contribution in [0.15, 0.2) is 33.7 Å². The van der Waals surface area contributed by atoms with Crippen LogP contribution in [0.1, 0.15) is 30.2 Å². The second kappa shape index (κ2) is 6.99. The fraction of sp³-hybridized carbons (Fsp3) is 0.429. The van der Waals surface area contributed by atoms with Crippen LogP contribution in [-0.2, 0) is 16.4 Å². The zero-order chi connectivity index (χ0) is 16.2. The van der Waals surface area contributed by atoms with Crippen molar-refractivity contribution < 1.29 is 12.9 Å². The molecule has 0 saturated carbocycles. The lowest BCUT2D eigenvalue weighted by molar-refractivity contribution is 0.370. The van der Waals surface area contributed by atoms with Gasteiger partial charge in [-0.2, -0.15) is 4.98 Å². The van der Waals surface area contributed by atoms with Gasteiger partial charge in [0.15, 0.2) is 5.82 Å². The maximum Gasteiger partial charge on any atom is 0.240 e. The van der Waals surface area contributed by atoms with Crippen molar-refractivity contribution in [3.8, 4) is 0 Å². The average molecular weight is 324 g/mol. The van der Waals surface area contributed by atoms with Crippen molar-refractivity contribution >= 4 is 10.0 Å². The predicted molar refractivity (Wildman–Crippen MR) is 81.8 cm³/mol. The topological polar surface area (TPSA) is 97.1 Å². The minimum Gasteiger partial charge on any atom is -0.339 e. The van der Waals surface area contributed by atoms with Crippen LogP contribution in [-0.4, -0.2) is 32.2 Å². The van der Waals surface area contributed by atoms with Crippen molar-refractivity contribution in [2.45, 2.75) is 31.2 Å². The molecule has 0 aliphatic heterocycles. The monoisotopic (exact) mass is 324 g/mol. The number of aryl methyl sites for hydroxylation is 1. The van der Waals surface area contributed by atoms with Crippen LogP contribution in [0, 0.1) is 6.92 Å². The first-order chi connectivity index (χ1) is 10.4. The Kier molecular flexibility index (Phi) is 5.28. The number of nitrogens with one attached hydrogen (secondary N) is 2. The second-order valence-corrected chi connectivity index (χ2v) is 6.82. The Morgan fingerprint density at radius 2 is 1.95 bits per heavy atom. The highest BCUT2D eigenvalue weighted by molar-refractivity contribution is 7.89. The predicted octanol–water partition coefficient (Wildman–Crippen LogP) is 1.18. The number of sulfonamides is 1. The van der Waals surface area contributed by atoms with Crippen LogP contribution >= 0.6 is 0 Å². The van der Waals surface area contributed by atoms with E-state index in [4.69, 9.17) is 4.52 Å². The molecule has 0 radical (unpaired) electrons. The molecule has 0 amide bonds. The smallest absolute Gasteiger partial charge is 0.240 e. The molecule has 0 aliphatic rings. The van der Waals surface area contributed by atoms with Gasteiger partial charge in [-0.3, -0.25) is 0 Å². The zero-order valence-corrected chi connectivity index (χ0v) is 13.6. The van der Waals surface area contributed by atoms with Gasteiger partial charge in [-0.1, -0.05) is 17.3 Å². The molecule has 0 spiro atoms. The number of hydrogen-bond acceptors (Lipinski definition) is 6. The molecule has 120 valence electrons. The molecule has 2 aromatic rings. The van der Waals surface area contributed by atoms with Crippen molar-refractivity contribution in [1.82, 2.24) is 20.2 Å². The fourth-order valence-electron chi connectivity index (χ4n) is 2.01. The molecule has 22 heavy (non-hydrogen) atoms. The Morgan fingerprint density at radius 3 is 2.50 bits per heavy atom. The molecule has 1 aromatic carbocycles. The van der Waals surface area contributed by atoms with Crippen molar-refractivity contribution in [3.05, 3.63) is 41.5 Å². The summed E-state index contributed by atoms with van der Waals surface area (Å²) in [6.07, 6.45) is 0.650. The van der Waals surface area contributed by atoms with Crippen molar-refractivity contribution in [2.75, 3.05) is 13.6 Å². The third-order valence-electron chi connectivity index (χ3n) is 3.32. The van der Waals surface area contributed by atoms with Crippen molar-refractivity contribution in [2.24, 2.45) is 0 Å². The molecule has 0 fully saturated rings. The Hall–Kier alpha value is -1.77. The molecule has 0 bridgehead atoms. The molecular formula is C14H20N4O3S. The second-order valence-electron chi connectivity index (χ2n) is 4.94.